The Balaban J connectivity index is 2.04. The first-order chi connectivity index (χ1) is 8.79. The summed E-state index contributed by atoms with van der Waals surface area (Å²) in [6, 6.07) is 8.21. The zero-order valence-corrected chi connectivity index (χ0v) is 11.5. The fourth-order valence-electron chi connectivity index (χ4n) is 1.81. The van der Waals surface area contributed by atoms with Gasteiger partial charge in [0, 0.05) is 16.5 Å². The molecule has 3 nitrogen and oxygen atoms in total. The van der Waals surface area contributed by atoms with E-state index in [0.717, 1.165) is 15.7 Å². The summed E-state index contributed by atoms with van der Waals surface area (Å²) in [5.74, 6) is 0. The Kier molecular flexibility index (Phi) is 3.11. The Bertz CT molecular complexity index is 687. The third-order valence-corrected chi connectivity index (χ3v) is 4.73. The van der Waals surface area contributed by atoms with Crippen molar-refractivity contribution in [2.75, 3.05) is 0 Å². The minimum Gasteiger partial charge on any atom is -0.390 e. The molecule has 0 aliphatic rings. The highest BCUT2D eigenvalue weighted by atomic mass is 32.2. The van der Waals surface area contributed by atoms with Crippen LogP contribution in [-0.2, 0) is 6.61 Å². The van der Waals surface area contributed by atoms with Crippen molar-refractivity contribution in [3.8, 4) is 0 Å². The van der Waals surface area contributed by atoms with Gasteiger partial charge in [-0.1, -0.05) is 30.0 Å². The Hall–Kier alpha value is -1.30. The molecule has 18 heavy (non-hydrogen) atoms. The van der Waals surface area contributed by atoms with E-state index in [2.05, 4.69) is 24.0 Å². The summed E-state index contributed by atoms with van der Waals surface area (Å²) < 4.78 is 1.95. The number of thiazole rings is 1. The van der Waals surface area contributed by atoms with Crippen molar-refractivity contribution >= 4 is 28.1 Å². The highest BCUT2D eigenvalue weighted by Crippen LogP contribution is 2.33. The van der Waals surface area contributed by atoms with Crippen molar-refractivity contribution < 1.29 is 5.11 Å². The Labute approximate surface area is 113 Å². The average Bonchev–Trinajstić information content (AvgIpc) is 2.92. The van der Waals surface area contributed by atoms with Gasteiger partial charge in [-0.3, -0.25) is 4.40 Å². The van der Waals surface area contributed by atoms with Crippen molar-refractivity contribution in [1.29, 1.82) is 0 Å². The number of fused-ring (bicyclic) bond motifs is 1. The van der Waals surface area contributed by atoms with Crippen molar-refractivity contribution in [3.05, 3.63) is 47.1 Å². The fraction of sp³-hybridized carbons (Fsp3) is 0.154. The molecular formula is C13H12N2OS2. The molecule has 3 aromatic rings. The number of nitrogens with zero attached hydrogens (tertiary/aromatic N) is 2. The van der Waals surface area contributed by atoms with Gasteiger partial charge in [-0.15, -0.1) is 11.3 Å². The maximum absolute atomic E-state index is 9.50. The van der Waals surface area contributed by atoms with Crippen LogP contribution in [0.15, 0.2) is 45.8 Å². The van der Waals surface area contributed by atoms with Gasteiger partial charge in [0.2, 0.25) is 0 Å². The van der Waals surface area contributed by atoms with E-state index < -0.39 is 0 Å². The lowest BCUT2D eigenvalue weighted by molar-refractivity contribution is 0.272. The van der Waals surface area contributed by atoms with E-state index in [4.69, 9.17) is 0 Å². The van der Waals surface area contributed by atoms with Crippen molar-refractivity contribution in [3.63, 3.8) is 0 Å². The smallest absolute Gasteiger partial charge is 0.195 e. The van der Waals surface area contributed by atoms with E-state index in [9.17, 15) is 5.11 Å². The maximum Gasteiger partial charge on any atom is 0.195 e. The highest BCUT2D eigenvalue weighted by molar-refractivity contribution is 7.99. The number of aryl methyl sites for hydroxylation is 1. The van der Waals surface area contributed by atoms with Gasteiger partial charge in [0.25, 0.3) is 0 Å². The van der Waals surface area contributed by atoms with Crippen LogP contribution < -0.4 is 0 Å². The lowest BCUT2D eigenvalue weighted by Crippen LogP contribution is -1.91. The van der Waals surface area contributed by atoms with Gasteiger partial charge < -0.3 is 5.11 Å². The summed E-state index contributed by atoms with van der Waals surface area (Å²) in [5, 5.41) is 12.4. The third kappa shape index (κ3) is 1.94. The maximum atomic E-state index is 9.50. The second kappa shape index (κ2) is 4.76. The summed E-state index contributed by atoms with van der Waals surface area (Å²) in [7, 11) is 0. The molecule has 0 aliphatic carbocycles. The third-order valence-electron chi connectivity index (χ3n) is 2.77. The SMILES string of the molecule is Cc1ccccc1Sc1nc2sccn2c1CO. The van der Waals surface area contributed by atoms with E-state index in [1.54, 1.807) is 23.1 Å². The summed E-state index contributed by atoms with van der Waals surface area (Å²) >= 11 is 3.19. The monoisotopic (exact) mass is 276 g/mol. The molecule has 0 radical (unpaired) electrons. The molecule has 0 saturated carbocycles. The van der Waals surface area contributed by atoms with Crippen LogP contribution in [0.5, 0.6) is 0 Å². The van der Waals surface area contributed by atoms with Gasteiger partial charge in [0.05, 0.1) is 12.3 Å². The second-order valence-electron chi connectivity index (χ2n) is 3.94. The van der Waals surface area contributed by atoms with Crippen molar-refractivity contribution in [1.82, 2.24) is 9.38 Å². The molecule has 0 bridgehead atoms. The summed E-state index contributed by atoms with van der Waals surface area (Å²) in [6.45, 7) is 2.09. The average molecular weight is 276 g/mol. The Morgan fingerprint density at radius 3 is 3.00 bits per heavy atom. The molecular weight excluding hydrogens is 264 g/mol. The van der Waals surface area contributed by atoms with Crippen molar-refractivity contribution in [2.45, 2.75) is 23.5 Å². The number of hydrogen-bond donors (Lipinski definition) is 1. The highest BCUT2D eigenvalue weighted by Gasteiger charge is 2.14. The zero-order chi connectivity index (χ0) is 12.5. The number of benzene rings is 1. The van der Waals surface area contributed by atoms with Gasteiger partial charge in [-0.25, -0.2) is 4.98 Å². The molecule has 1 N–H and O–H groups in total. The normalized spacial score (nSPS) is 11.2. The van der Waals surface area contributed by atoms with Crippen LogP contribution in [-0.4, -0.2) is 14.5 Å². The van der Waals surface area contributed by atoms with Crippen molar-refractivity contribution in [2.24, 2.45) is 0 Å². The van der Waals surface area contributed by atoms with E-state index in [1.165, 1.54) is 10.5 Å². The van der Waals surface area contributed by atoms with E-state index in [1.807, 2.05) is 28.1 Å². The quantitative estimate of drug-likeness (QED) is 0.797. The van der Waals surface area contributed by atoms with Crippen LogP contribution in [0, 0.1) is 6.92 Å². The molecule has 0 saturated heterocycles. The molecule has 0 unspecified atom stereocenters. The van der Waals surface area contributed by atoms with Crippen LogP contribution in [0.1, 0.15) is 11.3 Å². The first-order valence-electron chi connectivity index (χ1n) is 5.58. The predicted octanol–water partition coefficient (Wildman–Crippen LogP) is 3.35. The molecule has 0 aliphatic heterocycles. The molecule has 92 valence electrons. The lowest BCUT2D eigenvalue weighted by Gasteiger charge is -2.04. The molecule has 0 spiro atoms. The van der Waals surface area contributed by atoms with Gasteiger partial charge in [-0.05, 0) is 18.6 Å². The number of hydrogen-bond acceptors (Lipinski definition) is 4. The first kappa shape index (κ1) is 11.8. The molecule has 3 rings (SSSR count). The number of imidazole rings is 1. The molecule has 0 fully saturated rings. The van der Waals surface area contributed by atoms with E-state index in [0.29, 0.717) is 0 Å². The topological polar surface area (TPSA) is 37.5 Å². The second-order valence-corrected chi connectivity index (χ2v) is 5.85. The minimum atomic E-state index is 0.00607. The van der Waals surface area contributed by atoms with Crippen LogP contribution in [0.3, 0.4) is 0 Å². The molecule has 0 atom stereocenters. The standard InChI is InChI=1S/C13H12N2OS2/c1-9-4-2-3-5-11(9)18-12-10(8-16)15-6-7-17-13(15)14-12/h2-7,16H,8H2,1H3. The van der Waals surface area contributed by atoms with Crippen LogP contribution in [0.2, 0.25) is 0 Å². The largest absolute Gasteiger partial charge is 0.390 e. The van der Waals surface area contributed by atoms with Crippen LogP contribution in [0.25, 0.3) is 4.96 Å². The summed E-state index contributed by atoms with van der Waals surface area (Å²) in [5.41, 5.74) is 2.09. The van der Waals surface area contributed by atoms with Crippen LogP contribution in [0.4, 0.5) is 0 Å². The Morgan fingerprint density at radius 2 is 2.22 bits per heavy atom. The minimum absolute atomic E-state index is 0.00607. The molecule has 2 heterocycles. The summed E-state index contributed by atoms with van der Waals surface area (Å²) in [6.07, 6.45) is 1.94. The molecule has 2 aromatic heterocycles. The fourth-order valence-corrected chi connectivity index (χ4v) is 3.60. The van der Waals surface area contributed by atoms with E-state index in [-0.39, 0.29) is 6.61 Å². The van der Waals surface area contributed by atoms with Gasteiger partial charge >= 0.3 is 0 Å². The molecule has 5 heteroatoms. The lowest BCUT2D eigenvalue weighted by atomic mass is 10.2. The van der Waals surface area contributed by atoms with E-state index >= 15 is 0 Å². The van der Waals surface area contributed by atoms with Gasteiger partial charge in [-0.2, -0.15) is 0 Å². The Morgan fingerprint density at radius 1 is 1.39 bits per heavy atom. The van der Waals surface area contributed by atoms with Gasteiger partial charge in [0.15, 0.2) is 4.96 Å². The number of aromatic nitrogens is 2. The van der Waals surface area contributed by atoms with Gasteiger partial charge in [0.1, 0.15) is 5.03 Å². The molecule has 0 amide bonds. The first-order valence-corrected chi connectivity index (χ1v) is 7.28. The molecule has 1 aromatic carbocycles. The number of aliphatic hydroxyl groups is 1. The van der Waals surface area contributed by atoms with Crippen LogP contribution >= 0.6 is 23.1 Å². The summed E-state index contributed by atoms with van der Waals surface area (Å²) in [4.78, 5) is 6.67. The number of rotatable bonds is 3. The predicted molar refractivity (Wildman–Crippen MR) is 74.3 cm³/mol. The number of aliphatic hydroxyl groups excluding tert-OH is 1. The zero-order valence-electron chi connectivity index (χ0n) is 9.83.